The first-order valence-electron chi connectivity index (χ1n) is 11.0. The number of rotatable bonds is 5. The maximum absolute atomic E-state index is 13.3. The first-order valence-corrected chi connectivity index (χ1v) is 12.2. The van der Waals surface area contributed by atoms with Crippen molar-refractivity contribution in [1.82, 2.24) is 15.2 Å². The van der Waals surface area contributed by atoms with Gasteiger partial charge in [0.15, 0.2) is 0 Å². The van der Waals surface area contributed by atoms with E-state index < -0.39 is 6.03 Å². The Morgan fingerprint density at radius 3 is 2.94 bits per heavy atom. The van der Waals surface area contributed by atoms with E-state index in [2.05, 4.69) is 22.2 Å². The summed E-state index contributed by atoms with van der Waals surface area (Å²) in [7, 11) is 1.52. The molecule has 5 rings (SSSR count). The molecule has 0 spiro atoms. The van der Waals surface area contributed by atoms with Gasteiger partial charge in [-0.3, -0.25) is 14.5 Å². The number of thiophene rings is 1. The molecule has 35 heavy (non-hydrogen) atoms. The van der Waals surface area contributed by atoms with Crippen molar-refractivity contribution in [3.8, 4) is 5.75 Å². The van der Waals surface area contributed by atoms with Gasteiger partial charge in [0.1, 0.15) is 15.5 Å². The smallest absolute Gasteiger partial charge is 0.331 e. The summed E-state index contributed by atoms with van der Waals surface area (Å²) in [6.07, 6.45) is 4.43. The maximum atomic E-state index is 13.3. The van der Waals surface area contributed by atoms with Crippen LogP contribution in [0.3, 0.4) is 0 Å². The van der Waals surface area contributed by atoms with Gasteiger partial charge in [0.2, 0.25) is 5.91 Å². The molecular formula is C24H22ClN5O4S. The van der Waals surface area contributed by atoms with E-state index in [-0.39, 0.29) is 17.9 Å². The Hall–Kier alpha value is -3.63. The molecule has 2 N–H and O–H groups in total. The van der Waals surface area contributed by atoms with Gasteiger partial charge in [-0.2, -0.15) is 0 Å². The second-order valence-electron chi connectivity index (χ2n) is 8.20. The van der Waals surface area contributed by atoms with Crippen molar-refractivity contribution in [2.45, 2.75) is 18.9 Å². The minimum atomic E-state index is -0.417. The van der Waals surface area contributed by atoms with Crippen molar-refractivity contribution in [2.24, 2.45) is 0 Å². The standard InChI is InChI=1S/C24H22ClN5O4S/c1-3-18(31)29-10-4-5-13(12-29)27-22(32)21-20-19-16(8-9-26-23(19)35-21)30(24(33)28-20)14-6-7-17(34-2)15(25)11-14/h3,6-9,11,13H,1,4-5,10,12H2,2H3,(H,27,32)(H,28,33)/t13-/m1/s1. The van der Waals surface area contributed by atoms with Gasteiger partial charge in [0, 0.05) is 25.3 Å². The fraction of sp³-hybridized carbons (Fsp3) is 0.250. The summed E-state index contributed by atoms with van der Waals surface area (Å²) in [6, 6.07) is 6.20. The molecule has 2 aliphatic heterocycles. The number of amides is 4. The summed E-state index contributed by atoms with van der Waals surface area (Å²) in [5.41, 5.74) is 1.59. The zero-order valence-corrected chi connectivity index (χ0v) is 20.4. The number of hydrogen-bond acceptors (Lipinski definition) is 6. The molecule has 0 radical (unpaired) electrons. The van der Waals surface area contributed by atoms with Gasteiger partial charge >= 0.3 is 6.03 Å². The molecule has 11 heteroatoms. The lowest BCUT2D eigenvalue weighted by molar-refractivity contribution is -0.127. The van der Waals surface area contributed by atoms with Crippen molar-refractivity contribution in [3.63, 3.8) is 0 Å². The predicted molar refractivity (Wildman–Crippen MR) is 136 cm³/mol. The number of ether oxygens (including phenoxy) is 1. The number of pyridine rings is 1. The zero-order valence-electron chi connectivity index (χ0n) is 18.8. The number of benzene rings is 1. The summed E-state index contributed by atoms with van der Waals surface area (Å²) in [6.45, 7) is 4.59. The van der Waals surface area contributed by atoms with Crippen molar-refractivity contribution >= 4 is 68.1 Å². The average Bonchev–Trinajstić information content (AvgIpc) is 3.23. The van der Waals surface area contributed by atoms with Crippen molar-refractivity contribution < 1.29 is 19.1 Å². The number of carbonyl (C=O) groups is 3. The van der Waals surface area contributed by atoms with Gasteiger partial charge in [-0.1, -0.05) is 18.2 Å². The Balaban J connectivity index is 1.48. The minimum Gasteiger partial charge on any atom is -0.495 e. The number of likely N-dealkylation sites (tertiary alicyclic amines) is 1. The minimum absolute atomic E-state index is 0.152. The molecule has 1 aromatic carbocycles. The number of hydrogen-bond donors (Lipinski definition) is 2. The molecule has 4 amide bonds. The van der Waals surface area contributed by atoms with Gasteiger partial charge in [0.25, 0.3) is 5.91 Å². The number of nitrogens with zero attached hydrogens (tertiary/aromatic N) is 3. The summed E-state index contributed by atoms with van der Waals surface area (Å²) < 4.78 is 5.22. The summed E-state index contributed by atoms with van der Waals surface area (Å²) in [5, 5.41) is 6.94. The molecule has 4 heterocycles. The molecule has 2 aromatic heterocycles. The highest BCUT2D eigenvalue weighted by Gasteiger charge is 2.34. The lowest BCUT2D eigenvalue weighted by Crippen LogP contribution is -2.49. The molecule has 0 bridgehead atoms. The molecule has 2 aliphatic rings. The molecule has 3 aromatic rings. The third-order valence-electron chi connectivity index (χ3n) is 6.09. The van der Waals surface area contributed by atoms with Crippen molar-refractivity contribution in [3.05, 3.63) is 53.0 Å². The van der Waals surface area contributed by atoms with Gasteiger partial charge < -0.3 is 20.3 Å². The van der Waals surface area contributed by atoms with E-state index in [0.717, 1.165) is 12.8 Å². The second kappa shape index (κ2) is 9.20. The van der Waals surface area contributed by atoms with Crippen LogP contribution < -0.4 is 20.3 Å². The molecule has 1 saturated heterocycles. The lowest BCUT2D eigenvalue weighted by Gasteiger charge is -2.32. The van der Waals surface area contributed by atoms with E-state index in [0.29, 0.717) is 56.0 Å². The van der Waals surface area contributed by atoms with E-state index in [1.165, 1.54) is 29.4 Å². The molecule has 0 aliphatic carbocycles. The van der Waals surface area contributed by atoms with E-state index in [4.69, 9.17) is 16.3 Å². The quantitative estimate of drug-likeness (QED) is 0.489. The van der Waals surface area contributed by atoms with Crippen LogP contribution >= 0.6 is 22.9 Å². The topological polar surface area (TPSA) is 104 Å². The van der Waals surface area contributed by atoms with Gasteiger partial charge in [-0.15, -0.1) is 11.3 Å². The molecular weight excluding hydrogens is 490 g/mol. The molecule has 0 saturated carbocycles. The Labute approximate surface area is 210 Å². The zero-order chi connectivity index (χ0) is 24.7. The fourth-order valence-corrected chi connectivity index (χ4v) is 5.74. The van der Waals surface area contributed by atoms with Crippen LogP contribution in [0.2, 0.25) is 5.02 Å². The Morgan fingerprint density at radius 2 is 2.20 bits per heavy atom. The van der Waals surface area contributed by atoms with Crippen LogP contribution in [0.5, 0.6) is 5.75 Å². The Kier molecular flexibility index (Phi) is 6.08. The number of anilines is 3. The summed E-state index contributed by atoms with van der Waals surface area (Å²) in [4.78, 5) is 47.1. The molecule has 1 fully saturated rings. The normalized spacial score (nSPS) is 17.2. The van der Waals surface area contributed by atoms with Gasteiger partial charge in [-0.25, -0.2) is 9.78 Å². The van der Waals surface area contributed by atoms with E-state index in [1.807, 2.05) is 0 Å². The molecule has 9 nitrogen and oxygen atoms in total. The van der Waals surface area contributed by atoms with Crippen LogP contribution in [0, 0.1) is 0 Å². The lowest BCUT2D eigenvalue weighted by atomic mass is 10.1. The first-order chi connectivity index (χ1) is 16.9. The monoisotopic (exact) mass is 511 g/mol. The SMILES string of the molecule is C=CC(=O)N1CCC[C@@H](NC(=O)c2sc3nccc4c3c2NC(=O)N4c2ccc(OC)c(Cl)c2)C1. The van der Waals surface area contributed by atoms with Crippen LogP contribution in [0.4, 0.5) is 21.9 Å². The summed E-state index contributed by atoms with van der Waals surface area (Å²) in [5.74, 6) is 0.0350. The first kappa shape index (κ1) is 23.1. The number of urea groups is 1. The maximum Gasteiger partial charge on any atom is 0.331 e. The number of halogens is 1. The fourth-order valence-electron chi connectivity index (χ4n) is 4.47. The highest BCUT2D eigenvalue weighted by molar-refractivity contribution is 7.21. The van der Waals surface area contributed by atoms with Crippen LogP contribution in [0.1, 0.15) is 22.5 Å². The van der Waals surface area contributed by atoms with E-state index in [9.17, 15) is 14.4 Å². The highest BCUT2D eigenvalue weighted by Crippen LogP contribution is 2.46. The van der Waals surface area contributed by atoms with Crippen molar-refractivity contribution in [2.75, 3.05) is 30.4 Å². The van der Waals surface area contributed by atoms with E-state index in [1.54, 1.807) is 35.4 Å². The predicted octanol–water partition coefficient (Wildman–Crippen LogP) is 4.55. The summed E-state index contributed by atoms with van der Waals surface area (Å²) >= 11 is 7.51. The van der Waals surface area contributed by atoms with Crippen molar-refractivity contribution in [1.29, 1.82) is 0 Å². The Bertz CT molecular complexity index is 1370. The van der Waals surface area contributed by atoms with Gasteiger partial charge in [0.05, 0.1) is 34.6 Å². The number of methoxy groups -OCH3 is 1. The van der Waals surface area contributed by atoms with E-state index >= 15 is 0 Å². The number of piperidine rings is 1. The van der Waals surface area contributed by atoms with Crippen LogP contribution in [-0.4, -0.2) is 54.0 Å². The molecule has 180 valence electrons. The third kappa shape index (κ3) is 4.08. The Morgan fingerprint density at radius 1 is 1.37 bits per heavy atom. The third-order valence-corrected chi connectivity index (χ3v) is 7.48. The number of aromatic nitrogens is 1. The van der Waals surface area contributed by atoms with Gasteiger partial charge in [-0.05, 0) is 43.2 Å². The average molecular weight is 512 g/mol. The number of carbonyl (C=O) groups excluding carboxylic acids is 3. The van der Waals surface area contributed by atoms with Crippen LogP contribution in [-0.2, 0) is 4.79 Å². The highest BCUT2D eigenvalue weighted by atomic mass is 35.5. The number of nitrogens with one attached hydrogen (secondary N) is 2. The molecule has 1 atom stereocenters. The van der Waals surface area contributed by atoms with Crippen LogP contribution in [0.25, 0.3) is 10.2 Å². The molecule has 0 unspecified atom stereocenters. The van der Waals surface area contributed by atoms with Crippen LogP contribution in [0.15, 0.2) is 43.1 Å². The second-order valence-corrected chi connectivity index (χ2v) is 9.61. The largest absolute Gasteiger partial charge is 0.495 e.